The number of hydrogen-bond donors (Lipinski definition) is 3. The van der Waals surface area contributed by atoms with E-state index in [2.05, 4.69) is 15.3 Å². The van der Waals surface area contributed by atoms with E-state index in [-0.39, 0.29) is 45.4 Å². The van der Waals surface area contributed by atoms with Crippen LogP contribution in [0.4, 0.5) is 11.4 Å². The third-order valence-corrected chi connectivity index (χ3v) is 6.61. The highest BCUT2D eigenvalue weighted by molar-refractivity contribution is 6.31. The molecule has 1 aliphatic rings. The van der Waals surface area contributed by atoms with Crippen LogP contribution >= 0.6 is 0 Å². The van der Waals surface area contributed by atoms with Gasteiger partial charge in [0, 0.05) is 40.1 Å². The van der Waals surface area contributed by atoms with Crippen LogP contribution in [0.15, 0.2) is 84.9 Å². The Morgan fingerprint density at radius 2 is 1.62 bits per heavy atom. The van der Waals surface area contributed by atoms with Gasteiger partial charge in [0.05, 0.1) is 21.7 Å². The molecule has 0 saturated heterocycles. The molecule has 6 rings (SSSR count). The monoisotopic (exact) mass is 529 g/mol. The van der Waals surface area contributed by atoms with Gasteiger partial charge in [-0.05, 0) is 48.0 Å². The molecule has 1 aromatic heterocycles. The number of nitrogens with one attached hydrogen (secondary N) is 2. The lowest BCUT2D eigenvalue weighted by Crippen LogP contribution is -2.22. The van der Waals surface area contributed by atoms with E-state index in [1.165, 1.54) is 24.3 Å². The summed E-state index contributed by atoms with van der Waals surface area (Å²) in [5.74, 6) is -0.887. The van der Waals surface area contributed by atoms with Crippen molar-refractivity contribution in [2.45, 2.75) is 0 Å². The number of ketones is 2. The van der Waals surface area contributed by atoms with E-state index < -0.39 is 10.8 Å². The number of imidazole rings is 1. The number of fused-ring (bicyclic) bond motifs is 4. The van der Waals surface area contributed by atoms with E-state index >= 15 is 0 Å². The minimum Gasteiger partial charge on any atom is -0.399 e. The number of anilines is 1. The number of hydrogen-bond acceptors (Lipinski definition) is 7. The molecule has 5 aromatic rings. The quantitative estimate of drug-likeness (QED) is 0.165. The summed E-state index contributed by atoms with van der Waals surface area (Å²) in [5.41, 5.74) is 8.84. The largest absolute Gasteiger partial charge is 0.399 e. The zero-order chi connectivity index (χ0) is 28.0. The Morgan fingerprint density at radius 1 is 0.900 bits per heavy atom. The number of rotatable bonds is 5. The molecule has 10 nitrogen and oxygen atoms in total. The number of carbonyl (C=O) groups excluding carboxylic acids is 3. The van der Waals surface area contributed by atoms with Crippen LogP contribution < -0.4 is 11.1 Å². The van der Waals surface area contributed by atoms with Gasteiger partial charge < -0.3 is 16.0 Å². The minimum atomic E-state index is -0.516. The molecule has 0 unspecified atom stereocenters. The van der Waals surface area contributed by atoms with Crippen LogP contribution in [0.3, 0.4) is 0 Å². The summed E-state index contributed by atoms with van der Waals surface area (Å²) < 4.78 is 0. The number of H-pyrrole nitrogens is 1. The van der Waals surface area contributed by atoms with E-state index in [9.17, 15) is 24.5 Å². The number of nitro benzene ring substituents is 1. The number of nitrogen functional groups attached to an aromatic ring is 1. The van der Waals surface area contributed by atoms with Crippen molar-refractivity contribution in [3.8, 4) is 0 Å². The fraction of sp³-hybridized carbons (Fsp3) is 0. The van der Waals surface area contributed by atoms with Crippen LogP contribution in [-0.4, -0.2) is 32.4 Å². The molecule has 1 amide bonds. The van der Waals surface area contributed by atoms with Crippen LogP contribution in [-0.2, 0) is 0 Å². The number of nitrogens with two attached hydrogens (primary N) is 1. The van der Waals surface area contributed by atoms with Gasteiger partial charge in [-0.3, -0.25) is 24.5 Å². The van der Waals surface area contributed by atoms with Crippen molar-refractivity contribution in [3.05, 3.63) is 134 Å². The number of amides is 1. The molecule has 4 N–H and O–H groups in total. The van der Waals surface area contributed by atoms with Crippen LogP contribution in [0.2, 0.25) is 0 Å². The summed E-state index contributed by atoms with van der Waals surface area (Å²) in [4.78, 5) is 58.3. The summed E-state index contributed by atoms with van der Waals surface area (Å²) in [7, 11) is 0. The molecule has 0 spiro atoms. The zero-order valence-corrected chi connectivity index (χ0v) is 20.7. The van der Waals surface area contributed by atoms with E-state index in [1.807, 2.05) is 0 Å². The Morgan fingerprint density at radius 3 is 2.35 bits per heavy atom. The van der Waals surface area contributed by atoms with Gasteiger partial charge in [-0.25, -0.2) is 4.98 Å². The maximum atomic E-state index is 13.5. The standard InChI is InChI=1S/C30H19N5O5/c31-18-10-8-17(9-11-18)30(38)33-24(15-16-4-3-5-19(14-16)35(39)40)29-32-23-13-12-22-25(26(23)34-29)28(37)21-7-2-1-6-20(21)27(22)36/h1-15H,31H2,(H,32,34)(H,33,38). The second-order valence-corrected chi connectivity index (χ2v) is 9.16. The first kappa shape index (κ1) is 24.4. The van der Waals surface area contributed by atoms with Gasteiger partial charge in [0.25, 0.3) is 11.6 Å². The molecule has 4 aromatic carbocycles. The van der Waals surface area contributed by atoms with E-state index in [0.717, 1.165) is 0 Å². The summed E-state index contributed by atoms with van der Waals surface area (Å²) in [5, 5.41) is 14.1. The molecule has 0 bridgehead atoms. The third kappa shape index (κ3) is 4.19. The Labute approximate surface area is 226 Å². The Bertz CT molecular complexity index is 1920. The highest BCUT2D eigenvalue weighted by atomic mass is 16.6. The van der Waals surface area contributed by atoms with Crippen molar-refractivity contribution in [1.82, 2.24) is 15.3 Å². The maximum absolute atomic E-state index is 13.5. The second kappa shape index (κ2) is 9.44. The SMILES string of the molecule is Nc1ccc(C(=O)NC(=Cc2cccc([N+](=O)[O-])c2)c2nc3c4c(ccc3[nH]2)C(=O)c2ccccc2C4=O)cc1. The predicted molar refractivity (Wildman–Crippen MR) is 149 cm³/mol. The zero-order valence-electron chi connectivity index (χ0n) is 20.7. The smallest absolute Gasteiger partial charge is 0.270 e. The average Bonchev–Trinajstić information content (AvgIpc) is 3.40. The van der Waals surface area contributed by atoms with Gasteiger partial charge >= 0.3 is 0 Å². The lowest BCUT2D eigenvalue weighted by atomic mass is 9.83. The average molecular weight is 530 g/mol. The molecule has 0 fully saturated rings. The summed E-state index contributed by atoms with van der Waals surface area (Å²) in [6.07, 6.45) is 1.54. The predicted octanol–water partition coefficient (Wildman–Crippen LogP) is 4.76. The topological polar surface area (TPSA) is 161 Å². The molecule has 0 aliphatic heterocycles. The molecule has 1 heterocycles. The molecular weight excluding hydrogens is 510 g/mol. The molecule has 40 heavy (non-hydrogen) atoms. The van der Waals surface area contributed by atoms with Crippen molar-refractivity contribution in [2.24, 2.45) is 0 Å². The Kier molecular flexibility index (Phi) is 5.77. The third-order valence-electron chi connectivity index (χ3n) is 6.61. The highest BCUT2D eigenvalue weighted by Gasteiger charge is 2.32. The number of non-ortho nitro benzene ring substituents is 1. The summed E-state index contributed by atoms with van der Waals surface area (Å²) in [6, 6.07) is 22.0. The van der Waals surface area contributed by atoms with Crippen LogP contribution in [0.25, 0.3) is 22.8 Å². The lowest BCUT2D eigenvalue weighted by Gasteiger charge is -2.17. The molecule has 0 atom stereocenters. The van der Waals surface area contributed by atoms with Crippen LogP contribution in [0.1, 0.15) is 53.6 Å². The van der Waals surface area contributed by atoms with Gasteiger partial charge in [0.2, 0.25) is 0 Å². The minimum absolute atomic E-state index is 0.126. The first-order chi connectivity index (χ1) is 19.3. The van der Waals surface area contributed by atoms with Crippen molar-refractivity contribution in [3.63, 3.8) is 0 Å². The summed E-state index contributed by atoms with van der Waals surface area (Å²) in [6.45, 7) is 0. The number of aromatic amines is 1. The van der Waals surface area contributed by atoms with Crippen molar-refractivity contribution in [2.75, 3.05) is 5.73 Å². The van der Waals surface area contributed by atoms with E-state index in [1.54, 1.807) is 66.7 Å². The van der Waals surface area contributed by atoms with Gasteiger partial charge in [-0.2, -0.15) is 0 Å². The number of aromatic nitrogens is 2. The number of benzene rings is 4. The molecule has 0 saturated carbocycles. The molecule has 10 heteroatoms. The number of nitrogens with zero attached hydrogens (tertiary/aromatic N) is 2. The lowest BCUT2D eigenvalue weighted by molar-refractivity contribution is -0.384. The maximum Gasteiger partial charge on any atom is 0.270 e. The molecular formula is C30H19N5O5. The molecule has 0 radical (unpaired) electrons. The van der Waals surface area contributed by atoms with Crippen LogP contribution in [0, 0.1) is 10.1 Å². The fourth-order valence-corrected chi connectivity index (χ4v) is 4.67. The first-order valence-corrected chi connectivity index (χ1v) is 12.1. The Hall–Kier alpha value is -5.90. The van der Waals surface area contributed by atoms with Gasteiger partial charge in [0.1, 0.15) is 5.52 Å². The summed E-state index contributed by atoms with van der Waals surface area (Å²) >= 11 is 0. The van der Waals surface area contributed by atoms with Gasteiger partial charge in [-0.15, -0.1) is 0 Å². The fourth-order valence-electron chi connectivity index (χ4n) is 4.67. The van der Waals surface area contributed by atoms with Gasteiger partial charge in [-0.1, -0.05) is 36.4 Å². The molecule has 1 aliphatic carbocycles. The van der Waals surface area contributed by atoms with Gasteiger partial charge in [0.15, 0.2) is 17.4 Å². The second-order valence-electron chi connectivity index (χ2n) is 9.16. The molecule has 194 valence electrons. The Balaban J connectivity index is 1.49. The van der Waals surface area contributed by atoms with E-state index in [0.29, 0.717) is 33.5 Å². The van der Waals surface area contributed by atoms with Crippen molar-refractivity contribution >= 4 is 51.7 Å². The van der Waals surface area contributed by atoms with Crippen molar-refractivity contribution < 1.29 is 19.3 Å². The normalized spacial score (nSPS) is 12.7. The van der Waals surface area contributed by atoms with Crippen LogP contribution in [0.5, 0.6) is 0 Å². The number of nitro groups is 1. The highest BCUT2D eigenvalue weighted by Crippen LogP contribution is 2.32. The first-order valence-electron chi connectivity index (χ1n) is 12.1. The van der Waals surface area contributed by atoms with E-state index in [4.69, 9.17) is 5.73 Å². The van der Waals surface area contributed by atoms with Crippen molar-refractivity contribution in [1.29, 1.82) is 0 Å². The number of carbonyl (C=O) groups is 3.